The van der Waals surface area contributed by atoms with Crippen LogP contribution in [0.25, 0.3) is 11.0 Å². The van der Waals surface area contributed by atoms with Crippen molar-refractivity contribution in [3.05, 3.63) is 45.8 Å². The van der Waals surface area contributed by atoms with Gasteiger partial charge in [-0.25, -0.2) is 9.97 Å². The lowest BCUT2D eigenvalue weighted by molar-refractivity contribution is -0.00514. The molecule has 7 nitrogen and oxygen atoms in total. The van der Waals surface area contributed by atoms with Gasteiger partial charge in [-0.15, -0.1) is 0 Å². The molecule has 2 saturated heterocycles. The number of ether oxygens (including phenoxy) is 1. The van der Waals surface area contributed by atoms with Gasteiger partial charge in [0.2, 0.25) is 0 Å². The maximum atomic E-state index is 6.54. The fourth-order valence-electron chi connectivity index (χ4n) is 4.93. The van der Waals surface area contributed by atoms with E-state index in [9.17, 15) is 0 Å². The predicted octanol–water partition coefficient (Wildman–Crippen LogP) is 4.84. The Hall–Kier alpha value is -1.74. The molecule has 2 fully saturated rings. The molecule has 1 N–H and O–H groups in total. The third-order valence-electron chi connectivity index (χ3n) is 6.66. The van der Waals surface area contributed by atoms with Gasteiger partial charge in [0.15, 0.2) is 5.65 Å². The van der Waals surface area contributed by atoms with Gasteiger partial charge in [-0.3, -0.25) is 5.10 Å². The molecule has 32 heavy (non-hydrogen) atoms. The van der Waals surface area contributed by atoms with E-state index in [4.69, 9.17) is 16.3 Å². The average molecular weight is 520 g/mol. The van der Waals surface area contributed by atoms with Crippen molar-refractivity contribution < 1.29 is 4.74 Å². The first-order valence-electron chi connectivity index (χ1n) is 11.4. The van der Waals surface area contributed by atoms with Crippen molar-refractivity contribution >= 4 is 44.4 Å². The van der Waals surface area contributed by atoms with Gasteiger partial charge in [-0.1, -0.05) is 23.7 Å². The van der Waals surface area contributed by atoms with Gasteiger partial charge in [0.05, 0.1) is 18.1 Å². The monoisotopic (exact) mass is 518 g/mol. The first-order valence-corrected chi connectivity index (χ1v) is 12.5. The second-order valence-corrected chi connectivity index (χ2v) is 9.88. The molecule has 0 saturated carbocycles. The Balaban J connectivity index is 1.28. The third-order valence-corrected chi connectivity index (χ3v) is 7.48. The highest BCUT2D eigenvalue weighted by Crippen LogP contribution is 2.37. The van der Waals surface area contributed by atoms with Crippen LogP contribution in [0.5, 0.6) is 0 Å². The summed E-state index contributed by atoms with van der Waals surface area (Å²) in [7, 11) is 0. The van der Waals surface area contributed by atoms with Crippen molar-refractivity contribution in [2.24, 2.45) is 5.92 Å². The highest BCUT2D eigenvalue weighted by Gasteiger charge is 2.30. The molecule has 4 heterocycles. The molecule has 0 spiro atoms. The number of anilines is 1. The average Bonchev–Trinajstić information content (AvgIpc) is 3.48. The van der Waals surface area contributed by atoms with Crippen LogP contribution in [0.4, 0.5) is 5.82 Å². The van der Waals surface area contributed by atoms with Gasteiger partial charge in [-0.2, -0.15) is 5.10 Å². The maximum absolute atomic E-state index is 6.54. The highest BCUT2D eigenvalue weighted by atomic mass is 79.9. The zero-order valence-corrected chi connectivity index (χ0v) is 20.4. The fraction of sp³-hybridized carbons (Fsp3) is 0.522. The second-order valence-electron chi connectivity index (χ2n) is 8.65. The third kappa shape index (κ3) is 4.78. The van der Waals surface area contributed by atoms with E-state index in [1.807, 2.05) is 12.1 Å². The van der Waals surface area contributed by atoms with Gasteiger partial charge in [0.1, 0.15) is 16.7 Å². The van der Waals surface area contributed by atoms with Gasteiger partial charge in [-0.05, 0) is 78.3 Å². The topological polar surface area (TPSA) is 70.2 Å². The van der Waals surface area contributed by atoms with E-state index < -0.39 is 0 Å². The molecular weight excluding hydrogens is 492 g/mol. The molecule has 1 unspecified atom stereocenters. The lowest BCUT2D eigenvalue weighted by Gasteiger charge is -2.37. The van der Waals surface area contributed by atoms with Crippen molar-refractivity contribution in [1.29, 1.82) is 0 Å². The lowest BCUT2D eigenvalue weighted by atomic mass is 9.87. The number of likely N-dealkylation sites (tertiary alicyclic amines) is 1. The van der Waals surface area contributed by atoms with Crippen LogP contribution < -0.4 is 4.90 Å². The number of rotatable bonds is 7. The Bertz CT molecular complexity index is 1030. The van der Waals surface area contributed by atoms with E-state index in [1.54, 1.807) is 6.33 Å². The predicted molar refractivity (Wildman–Crippen MR) is 130 cm³/mol. The summed E-state index contributed by atoms with van der Waals surface area (Å²) in [5.41, 5.74) is 1.91. The molecule has 0 radical (unpaired) electrons. The normalized spacial score (nSPS) is 19.1. The molecule has 2 aliphatic rings. The zero-order chi connectivity index (χ0) is 21.9. The minimum atomic E-state index is 0.0862. The van der Waals surface area contributed by atoms with Gasteiger partial charge in [0, 0.05) is 24.7 Å². The molecule has 0 amide bonds. The molecule has 0 bridgehead atoms. The van der Waals surface area contributed by atoms with Crippen molar-refractivity contribution in [2.75, 3.05) is 44.2 Å². The minimum Gasteiger partial charge on any atom is -0.372 e. The SMILES string of the molecule is Clc1ccc(C(OCCN2CCCC2)C2CCN(c3ncnc4n[nH]c(Br)c34)CC2)cc1. The van der Waals surface area contributed by atoms with E-state index in [2.05, 4.69) is 58.0 Å². The Labute approximate surface area is 201 Å². The van der Waals surface area contributed by atoms with E-state index in [1.165, 1.54) is 31.5 Å². The van der Waals surface area contributed by atoms with E-state index in [-0.39, 0.29) is 6.10 Å². The van der Waals surface area contributed by atoms with E-state index in [0.717, 1.165) is 59.9 Å². The van der Waals surface area contributed by atoms with Crippen LogP contribution in [0.1, 0.15) is 37.4 Å². The maximum Gasteiger partial charge on any atom is 0.187 e. The van der Waals surface area contributed by atoms with Crippen LogP contribution in [0.3, 0.4) is 0 Å². The highest BCUT2D eigenvalue weighted by molar-refractivity contribution is 9.10. The number of hydrogen-bond donors (Lipinski definition) is 1. The standard InChI is InChI=1S/C23H28BrClN6O/c24-21-19-22(29-28-21)26-15-27-23(19)31-11-7-17(8-12-31)20(16-3-5-18(25)6-4-16)32-14-13-30-9-1-2-10-30/h3-6,15,17,20H,1-2,7-14H2,(H,26,27,28,29). The fourth-order valence-corrected chi connectivity index (χ4v) is 5.50. The molecule has 2 aromatic heterocycles. The number of halogens is 2. The Kier molecular flexibility index (Phi) is 6.92. The summed E-state index contributed by atoms with van der Waals surface area (Å²) in [6.45, 7) is 6.02. The molecule has 3 aromatic rings. The summed E-state index contributed by atoms with van der Waals surface area (Å²) in [5, 5.41) is 8.91. The van der Waals surface area contributed by atoms with Crippen molar-refractivity contribution in [3.63, 3.8) is 0 Å². The zero-order valence-electron chi connectivity index (χ0n) is 18.0. The number of H-pyrrole nitrogens is 1. The number of aromatic nitrogens is 4. The molecule has 5 rings (SSSR count). The number of aromatic amines is 1. The molecular formula is C23H28BrClN6O. The molecule has 9 heteroatoms. The van der Waals surface area contributed by atoms with Crippen LogP contribution >= 0.6 is 27.5 Å². The second kappa shape index (κ2) is 10.0. The van der Waals surface area contributed by atoms with Gasteiger partial charge >= 0.3 is 0 Å². The smallest absolute Gasteiger partial charge is 0.187 e. The van der Waals surface area contributed by atoms with Gasteiger partial charge < -0.3 is 14.5 Å². The molecule has 170 valence electrons. The van der Waals surface area contributed by atoms with Crippen molar-refractivity contribution in [3.8, 4) is 0 Å². The summed E-state index contributed by atoms with van der Waals surface area (Å²) >= 11 is 9.71. The minimum absolute atomic E-state index is 0.0862. The van der Waals surface area contributed by atoms with Crippen molar-refractivity contribution in [1.82, 2.24) is 25.1 Å². The van der Waals surface area contributed by atoms with Crippen LogP contribution in [-0.4, -0.2) is 64.4 Å². The summed E-state index contributed by atoms with van der Waals surface area (Å²) < 4.78 is 7.36. The molecule has 1 aromatic carbocycles. The molecule has 2 aliphatic heterocycles. The number of piperidine rings is 1. The number of fused-ring (bicyclic) bond motifs is 1. The molecule has 1 atom stereocenters. The Morgan fingerprint density at radius 3 is 2.59 bits per heavy atom. The number of hydrogen-bond acceptors (Lipinski definition) is 6. The lowest BCUT2D eigenvalue weighted by Crippen LogP contribution is -2.37. The largest absolute Gasteiger partial charge is 0.372 e. The quantitative estimate of drug-likeness (QED) is 0.482. The summed E-state index contributed by atoms with van der Waals surface area (Å²) in [5.74, 6) is 1.39. The van der Waals surface area contributed by atoms with Gasteiger partial charge in [0.25, 0.3) is 0 Å². The van der Waals surface area contributed by atoms with Crippen LogP contribution in [0.2, 0.25) is 5.02 Å². The van der Waals surface area contributed by atoms with Crippen LogP contribution in [0, 0.1) is 5.92 Å². The van der Waals surface area contributed by atoms with Crippen molar-refractivity contribution in [2.45, 2.75) is 31.8 Å². The van der Waals surface area contributed by atoms with Crippen LogP contribution in [-0.2, 0) is 4.74 Å². The molecule has 0 aliphatic carbocycles. The Morgan fingerprint density at radius 2 is 1.84 bits per heavy atom. The number of benzene rings is 1. The number of nitrogens with one attached hydrogen (secondary N) is 1. The van der Waals surface area contributed by atoms with Crippen LogP contribution in [0.15, 0.2) is 35.2 Å². The Morgan fingerprint density at radius 1 is 1.09 bits per heavy atom. The first-order chi connectivity index (χ1) is 15.7. The summed E-state index contributed by atoms with van der Waals surface area (Å²) in [6.07, 6.45) is 6.37. The van der Waals surface area contributed by atoms with E-state index in [0.29, 0.717) is 11.6 Å². The van der Waals surface area contributed by atoms with E-state index >= 15 is 0 Å². The number of nitrogens with zero attached hydrogens (tertiary/aromatic N) is 5. The summed E-state index contributed by atoms with van der Waals surface area (Å²) in [4.78, 5) is 13.7. The summed E-state index contributed by atoms with van der Waals surface area (Å²) in [6, 6.07) is 8.17. The first kappa shape index (κ1) is 22.1.